The van der Waals surface area contributed by atoms with Gasteiger partial charge in [-0.2, -0.15) is 5.10 Å². The molecule has 5 rings (SSSR count). The second-order valence-corrected chi connectivity index (χ2v) is 7.39. The molecule has 154 valence electrons. The minimum atomic E-state index is -0.104. The van der Waals surface area contributed by atoms with Crippen LogP contribution in [0.3, 0.4) is 0 Å². The van der Waals surface area contributed by atoms with Crippen molar-refractivity contribution in [2.24, 2.45) is 0 Å². The first-order chi connectivity index (χ1) is 15.2. The lowest BCUT2D eigenvalue weighted by atomic mass is 10.0. The Morgan fingerprint density at radius 2 is 1.77 bits per heavy atom. The number of benzene rings is 2. The van der Waals surface area contributed by atoms with Crippen LogP contribution in [-0.2, 0) is 13.0 Å². The highest BCUT2D eigenvalue weighted by molar-refractivity contribution is 5.86. The number of aromatic nitrogens is 4. The van der Waals surface area contributed by atoms with E-state index in [-0.39, 0.29) is 5.56 Å². The zero-order valence-electron chi connectivity index (χ0n) is 17.4. The summed E-state index contributed by atoms with van der Waals surface area (Å²) >= 11 is 0. The number of rotatable bonds is 5. The number of fused-ring (bicyclic) bond motifs is 3. The SMILES string of the molecule is CCc1nn2c(ncc3c(=O)n(Cc4ccccc4OC)ccc32)c1-c1ccccc1. The number of methoxy groups -OCH3 is 1. The van der Waals surface area contributed by atoms with Gasteiger partial charge in [-0.15, -0.1) is 0 Å². The van der Waals surface area contributed by atoms with Crippen molar-refractivity contribution in [3.63, 3.8) is 0 Å². The molecular formula is C25H22N4O2. The monoisotopic (exact) mass is 410 g/mol. The van der Waals surface area contributed by atoms with Crippen LogP contribution in [0.1, 0.15) is 18.2 Å². The summed E-state index contributed by atoms with van der Waals surface area (Å²) in [6.45, 7) is 2.50. The maximum atomic E-state index is 13.2. The number of pyridine rings is 1. The number of hydrogen-bond acceptors (Lipinski definition) is 4. The van der Waals surface area contributed by atoms with Crippen LogP contribution in [0.25, 0.3) is 27.7 Å². The fourth-order valence-corrected chi connectivity index (χ4v) is 4.04. The zero-order chi connectivity index (χ0) is 21.4. The van der Waals surface area contributed by atoms with Gasteiger partial charge >= 0.3 is 0 Å². The van der Waals surface area contributed by atoms with E-state index >= 15 is 0 Å². The lowest BCUT2D eigenvalue weighted by Crippen LogP contribution is -2.21. The number of nitrogens with zero attached hydrogens (tertiary/aromatic N) is 4. The van der Waals surface area contributed by atoms with E-state index < -0.39 is 0 Å². The molecule has 0 atom stereocenters. The van der Waals surface area contributed by atoms with Crippen molar-refractivity contribution in [1.29, 1.82) is 0 Å². The van der Waals surface area contributed by atoms with Gasteiger partial charge in [0, 0.05) is 23.5 Å². The van der Waals surface area contributed by atoms with Gasteiger partial charge in [0.15, 0.2) is 5.65 Å². The largest absolute Gasteiger partial charge is 0.496 e. The third-order valence-corrected chi connectivity index (χ3v) is 5.59. The maximum absolute atomic E-state index is 13.2. The Morgan fingerprint density at radius 1 is 1.00 bits per heavy atom. The van der Waals surface area contributed by atoms with E-state index in [1.807, 2.05) is 54.7 Å². The Hall–Kier alpha value is -3.93. The third kappa shape index (κ3) is 3.17. The molecule has 0 saturated heterocycles. The Kier molecular flexibility index (Phi) is 4.75. The molecule has 0 unspecified atom stereocenters. The minimum Gasteiger partial charge on any atom is -0.496 e. The maximum Gasteiger partial charge on any atom is 0.261 e. The average molecular weight is 410 g/mol. The Bertz CT molecular complexity index is 1450. The van der Waals surface area contributed by atoms with Gasteiger partial charge in [-0.1, -0.05) is 55.5 Å². The summed E-state index contributed by atoms with van der Waals surface area (Å²) in [4.78, 5) is 17.9. The molecule has 3 heterocycles. The molecule has 0 bridgehead atoms. The third-order valence-electron chi connectivity index (χ3n) is 5.59. The highest BCUT2D eigenvalue weighted by Gasteiger charge is 2.17. The van der Waals surface area contributed by atoms with Gasteiger partial charge in [-0.3, -0.25) is 4.79 Å². The standard InChI is InChI=1S/C25H22N4O2/c1-3-20-23(17-9-5-4-6-10-17)24-26-15-19-21(29(24)27-20)13-14-28(25(19)30)16-18-11-7-8-12-22(18)31-2/h4-15H,3,16H2,1-2H3. The molecule has 2 aromatic carbocycles. The van der Waals surface area contributed by atoms with E-state index in [1.165, 1.54) is 0 Å². The van der Waals surface area contributed by atoms with E-state index in [9.17, 15) is 4.79 Å². The summed E-state index contributed by atoms with van der Waals surface area (Å²) in [6.07, 6.45) is 4.26. The summed E-state index contributed by atoms with van der Waals surface area (Å²) in [5.74, 6) is 0.759. The van der Waals surface area contributed by atoms with Crippen LogP contribution in [0.5, 0.6) is 5.75 Å². The summed E-state index contributed by atoms with van der Waals surface area (Å²) < 4.78 is 8.90. The average Bonchev–Trinajstić information content (AvgIpc) is 3.21. The predicted molar refractivity (Wildman–Crippen MR) is 122 cm³/mol. The minimum absolute atomic E-state index is 0.104. The Labute approximate surface area is 179 Å². The van der Waals surface area contributed by atoms with E-state index in [0.717, 1.165) is 45.7 Å². The fourth-order valence-electron chi connectivity index (χ4n) is 4.04. The predicted octanol–water partition coefficient (Wildman–Crippen LogP) is 4.33. The first kappa shape index (κ1) is 19.1. The van der Waals surface area contributed by atoms with Crippen molar-refractivity contribution in [1.82, 2.24) is 19.2 Å². The van der Waals surface area contributed by atoms with Crippen molar-refractivity contribution in [3.05, 3.63) is 94.7 Å². The molecule has 0 amide bonds. The second kappa shape index (κ2) is 7.72. The van der Waals surface area contributed by atoms with Gasteiger partial charge in [0.1, 0.15) is 5.75 Å². The van der Waals surface area contributed by atoms with Crippen LogP contribution in [0.4, 0.5) is 0 Å². The highest BCUT2D eigenvalue weighted by Crippen LogP contribution is 2.29. The lowest BCUT2D eigenvalue weighted by molar-refractivity contribution is 0.408. The highest BCUT2D eigenvalue weighted by atomic mass is 16.5. The molecule has 6 heteroatoms. The van der Waals surface area contributed by atoms with Crippen LogP contribution >= 0.6 is 0 Å². The first-order valence-corrected chi connectivity index (χ1v) is 10.3. The molecule has 31 heavy (non-hydrogen) atoms. The van der Waals surface area contributed by atoms with Crippen molar-refractivity contribution in [2.45, 2.75) is 19.9 Å². The lowest BCUT2D eigenvalue weighted by Gasteiger charge is -2.11. The topological polar surface area (TPSA) is 61.4 Å². The first-order valence-electron chi connectivity index (χ1n) is 10.3. The van der Waals surface area contributed by atoms with Gasteiger partial charge < -0.3 is 9.30 Å². The molecule has 6 nitrogen and oxygen atoms in total. The molecule has 5 aromatic rings. The number of para-hydroxylation sites is 1. The van der Waals surface area contributed by atoms with Gasteiger partial charge in [-0.05, 0) is 24.1 Å². The van der Waals surface area contributed by atoms with Crippen molar-refractivity contribution in [2.75, 3.05) is 7.11 Å². The van der Waals surface area contributed by atoms with Crippen LogP contribution < -0.4 is 10.3 Å². The van der Waals surface area contributed by atoms with E-state index in [2.05, 4.69) is 24.0 Å². The smallest absolute Gasteiger partial charge is 0.261 e. The van der Waals surface area contributed by atoms with Crippen LogP contribution in [0.2, 0.25) is 0 Å². The number of aryl methyl sites for hydroxylation is 1. The molecular weight excluding hydrogens is 388 g/mol. The molecule has 0 spiro atoms. The Morgan fingerprint density at radius 3 is 2.55 bits per heavy atom. The molecule has 0 aliphatic heterocycles. The van der Waals surface area contributed by atoms with E-state index in [4.69, 9.17) is 9.84 Å². The van der Waals surface area contributed by atoms with Crippen molar-refractivity contribution < 1.29 is 4.74 Å². The number of ether oxygens (including phenoxy) is 1. The summed E-state index contributed by atoms with van der Waals surface area (Å²) in [6, 6.07) is 19.8. The van der Waals surface area contributed by atoms with Crippen molar-refractivity contribution >= 4 is 16.6 Å². The number of hydrogen-bond donors (Lipinski definition) is 0. The molecule has 0 N–H and O–H groups in total. The zero-order valence-corrected chi connectivity index (χ0v) is 17.4. The van der Waals surface area contributed by atoms with Gasteiger partial charge in [0.05, 0.1) is 30.3 Å². The normalized spacial score (nSPS) is 11.3. The fraction of sp³-hybridized carbons (Fsp3) is 0.160. The molecule has 0 fully saturated rings. The van der Waals surface area contributed by atoms with Crippen molar-refractivity contribution in [3.8, 4) is 16.9 Å². The summed E-state index contributed by atoms with van der Waals surface area (Å²) in [5.41, 5.74) is 5.41. The summed E-state index contributed by atoms with van der Waals surface area (Å²) in [5, 5.41) is 5.34. The Balaban J connectivity index is 1.68. The second-order valence-electron chi connectivity index (χ2n) is 7.39. The van der Waals surface area contributed by atoms with Gasteiger partial charge in [0.2, 0.25) is 0 Å². The van der Waals surface area contributed by atoms with Crippen LogP contribution in [0, 0.1) is 0 Å². The van der Waals surface area contributed by atoms with E-state index in [1.54, 1.807) is 22.4 Å². The summed E-state index contributed by atoms with van der Waals surface area (Å²) in [7, 11) is 1.63. The van der Waals surface area contributed by atoms with Crippen LogP contribution in [0.15, 0.2) is 77.9 Å². The molecule has 0 saturated carbocycles. The molecule has 0 radical (unpaired) electrons. The molecule has 3 aromatic heterocycles. The van der Waals surface area contributed by atoms with Crippen LogP contribution in [-0.4, -0.2) is 26.3 Å². The molecule has 0 aliphatic carbocycles. The van der Waals surface area contributed by atoms with Gasteiger partial charge in [-0.25, -0.2) is 9.50 Å². The molecule has 0 aliphatic rings. The van der Waals surface area contributed by atoms with E-state index in [0.29, 0.717) is 11.9 Å². The quantitative estimate of drug-likeness (QED) is 0.433. The van der Waals surface area contributed by atoms with Gasteiger partial charge in [0.25, 0.3) is 5.56 Å².